The SMILES string of the molecule is CC1(c2cc(/C=C/c3ccc4c(c3)C3(CCCC3)c3cc(N5c6ccccc6C(C)(C)c6ccccc65)ccc3-4)ccc2-c2ccc(N3C4=C(CCC=C4)C(C)(C)c4ccccc43)cc2)CCCC1. The van der Waals surface area contributed by atoms with E-state index in [1.807, 2.05) is 0 Å². The predicted octanol–water partition coefficient (Wildman–Crippen LogP) is 18.3. The van der Waals surface area contributed by atoms with Gasteiger partial charge < -0.3 is 9.80 Å². The van der Waals surface area contributed by atoms with Crippen molar-refractivity contribution in [3.8, 4) is 22.3 Å². The van der Waals surface area contributed by atoms with E-state index in [1.54, 1.807) is 5.57 Å². The number of fused-ring (bicyclic) bond motifs is 8. The third kappa shape index (κ3) is 6.43. The molecule has 69 heavy (non-hydrogen) atoms. The zero-order chi connectivity index (χ0) is 46.7. The minimum atomic E-state index is -0.0764. The maximum atomic E-state index is 2.57. The summed E-state index contributed by atoms with van der Waals surface area (Å²) >= 11 is 0. The Morgan fingerprint density at radius 2 is 0.942 bits per heavy atom. The quantitative estimate of drug-likeness (QED) is 0.154. The summed E-state index contributed by atoms with van der Waals surface area (Å²) in [7, 11) is 0. The number of hydrogen-bond acceptors (Lipinski definition) is 2. The van der Waals surface area contributed by atoms with Crippen molar-refractivity contribution in [1.82, 2.24) is 0 Å². The van der Waals surface area contributed by atoms with Crippen LogP contribution >= 0.6 is 0 Å². The largest absolute Gasteiger partial charge is 0.310 e. The van der Waals surface area contributed by atoms with Crippen LogP contribution in [0.15, 0.2) is 175 Å². The number of hydrogen-bond donors (Lipinski definition) is 0. The lowest BCUT2D eigenvalue weighted by Gasteiger charge is -2.44. The Balaban J connectivity index is 0.830. The number of para-hydroxylation sites is 3. The van der Waals surface area contributed by atoms with Crippen LogP contribution in [0, 0.1) is 0 Å². The van der Waals surface area contributed by atoms with Crippen molar-refractivity contribution < 1.29 is 0 Å². The van der Waals surface area contributed by atoms with Crippen LogP contribution in [0.3, 0.4) is 0 Å². The highest BCUT2D eigenvalue weighted by Crippen LogP contribution is 2.60. The average Bonchev–Trinajstić information content (AvgIpc) is 4.13. The van der Waals surface area contributed by atoms with Crippen LogP contribution in [-0.2, 0) is 21.7 Å². The van der Waals surface area contributed by atoms with E-state index in [2.05, 4.69) is 220 Å². The van der Waals surface area contributed by atoms with Gasteiger partial charge in [-0.05, 0) is 165 Å². The summed E-state index contributed by atoms with van der Waals surface area (Å²) in [4.78, 5) is 5.05. The molecule has 0 atom stereocenters. The van der Waals surface area contributed by atoms with Gasteiger partial charge in [-0.2, -0.15) is 0 Å². The second-order valence-electron chi connectivity index (χ2n) is 22.6. The molecule has 2 saturated carbocycles. The van der Waals surface area contributed by atoms with E-state index in [-0.39, 0.29) is 21.7 Å². The summed E-state index contributed by atoms with van der Waals surface area (Å²) in [5.74, 6) is 0. The van der Waals surface area contributed by atoms with Crippen molar-refractivity contribution in [3.05, 3.63) is 220 Å². The number of benzene rings is 7. The van der Waals surface area contributed by atoms with E-state index in [1.165, 1.54) is 152 Å². The van der Waals surface area contributed by atoms with E-state index in [4.69, 9.17) is 0 Å². The smallest absolute Gasteiger partial charge is 0.0502 e. The van der Waals surface area contributed by atoms with Gasteiger partial charge in [-0.25, -0.2) is 0 Å². The van der Waals surface area contributed by atoms with E-state index >= 15 is 0 Å². The molecule has 0 bridgehead atoms. The molecule has 342 valence electrons. The lowest BCUT2D eigenvalue weighted by molar-refractivity contribution is 0.493. The molecule has 7 aromatic rings. The van der Waals surface area contributed by atoms with Crippen LogP contribution in [0.1, 0.15) is 143 Å². The second kappa shape index (κ2) is 15.7. The first kappa shape index (κ1) is 42.5. The molecule has 1 spiro atoms. The first-order chi connectivity index (χ1) is 33.5. The predicted molar refractivity (Wildman–Crippen MR) is 292 cm³/mol. The Labute approximate surface area is 410 Å². The molecule has 0 saturated heterocycles. The molecule has 2 fully saturated rings. The van der Waals surface area contributed by atoms with Crippen LogP contribution in [0.2, 0.25) is 0 Å². The number of allylic oxidation sites excluding steroid dienone is 3. The van der Waals surface area contributed by atoms with Gasteiger partial charge in [0.05, 0.1) is 17.1 Å². The molecule has 2 nitrogen and oxygen atoms in total. The van der Waals surface area contributed by atoms with Crippen molar-refractivity contribution in [3.63, 3.8) is 0 Å². The van der Waals surface area contributed by atoms with Gasteiger partial charge in [-0.15, -0.1) is 0 Å². The molecule has 4 aliphatic carbocycles. The third-order valence-corrected chi connectivity index (χ3v) is 18.0. The first-order valence-corrected chi connectivity index (χ1v) is 26.1. The summed E-state index contributed by atoms with van der Waals surface area (Å²) in [5.41, 5.74) is 26.2. The monoisotopic (exact) mass is 897 g/mol. The van der Waals surface area contributed by atoms with Crippen molar-refractivity contribution in [2.24, 2.45) is 0 Å². The van der Waals surface area contributed by atoms with Gasteiger partial charge in [-0.1, -0.05) is 188 Å². The highest BCUT2D eigenvalue weighted by Gasteiger charge is 2.46. The van der Waals surface area contributed by atoms with Crippen molar-refractivity contribution >= 4 is 40.6 Å². The van der Waals surface area contributed by atoms with E-state index in [0.717, 1.165) is 12.8 Å². The maximum absolute atomic E-state index is 2.57. The number of rotatable bonds is 6. The molecule has 7 aromatic carbocycles. The van der Waals surface area contributed by atoms with Crippen LogP contribution in [0.4, 0.5) is 28.4 Å². The molecule has 0 aromatic heterocycles. The average molecular weight is 897 g/mol. The fourth-order valence-electron chi connectivity index (χ4n) is 14.3. The van der Waals surface area contributed by atoms with Crippen LogP contribution in [0.25, 0.3) is 34.4 Å². The normalized spacial score (nSPS) is 19.6. The molecule has 0 radical (unpaired) electrons. The third-order valence-electron chi connectivity index (χ3n) is 18.0. The lowest BCUT2D eigenvalue weighted by Crippen LogP contribution is -2.34. The van der Waals surface area contributed by atoms with Crippen molar-refractivity contribution in [2.75, 3.05) is 9.80 Å². The van der Waals surface area contributed by atoms with Gasteiger partial charge in [0.2, 0.25) is 0 Å². The Bertz CT molecular complexity index is 3250. The van der Waals surface area contributed by atoms with Gasteiger partial charge in [0.1, 0.15) is 0 Å². The van der Waals surface area contributed by atoms with E-state index < -0.39 is 0 Å². The molecule has 2 heteroatoms. The highest BCUT2D eigenvalue weighted by atomic mass is 15.2. The van der Waals surface area contributed by atoms with Crippen molar-refractivity contribution in [1.29, 1.82) is 0 Å². The lowest BCUT2D eigenvalue weighted by atomic mass is 9.70. The minimum absolute atomic E-state index is 0.0116. The molecule has 2 heterocycles. The van der Waals surface area contributed by atoms with Gasteiger partial charge in [-0.3, -0.25) is 0 Å². The first-order valence-electron chi connectivity index (χ1n) is 26.1. The molecule has 6 aliphatic rings. The molecule has 0 amide bonds. The van der Waals surface area contributed by atoms with Gasteiger partial charge in [0.25, 0.3) is 0 Å². The van der Waals surface area contributed by atoms with Gasteiger partial charge in [0, 0.05) is 33.3 Å². The molecule has 13 rings (SSSR count). The number of anilines is 5. The Morgan fingerprint density at radius 1 is 0.435 bits per heavy atom. The standard InChI is InChI=1S/C67H64N2/c1-64(2)53-18-6-10-22-60(53)68(61-23-11-7-19-54(61)64)48-32-30-47(31-33-48)50-35-28-45(42-57(50)66(5)38-14-15-39-66)26-27-46-29-36-51-52-37-34-49(44-59(52)67(58(51)43-46)40-16-17-41-67)69-62-24-12-8-20-55(62)65(3,4)56-21-9-13-25-63(56)69/h6,8-13,18,20-37,42-44H,7,14-17,19,38-41H2,1-5H3/b27-26+. The summed E-state index contributed by atoms with van der Waals surface area (Å²) in [6.45, 7) is 12.1. The fourth-order valence-corrected chi connectivity index (χ4v) is 14.3. The van der Waals surface area contributed by atoms with Crippen LogP contribution in [0.5, 0.6) is 0 Å². The van der Waals surface area contributed by atoms with Gasteiger partial charge in [0.15, 0.2) is 0 Å². The van der Waals surface area contributed by atoms with E-state index in [9.17, 15) is 0 Å². The molecule has 0 unspecified atom stereocenters. The molecule has 2 aliphatic heterocycles. The fraction of sp³-hybridized carbons (Fsp3) is 0.284. The summed E-state index contributed by atoms with van der Waals surface area (Å²) in [6.07, 6.45) is 21.7. The number of nitrogens with zero attached hydrogens (tertiary/aromatic N) is 2. The van der Waals surface area contributed by atoms with Crippen molar-refractivity contribution in [2.45, 2.75) is 120 Å². The van der Waals surface area contributed by atoms with Gasteiger partial charge >= 0.3 is 0 Å². The molecule has 0 N–H and O–H groups in total. The zero-order valence-electron chi connectivity index (χ0n) is 41.2. The van der Waals surface area contributed by atoms with Crippen LogP contribution < -0.4 is 9.80 Å². The summed E-state index contributed by atoms with van der Waals surface area (Å²) in [5, 5.41) is 0. The van der Waals surface area contributed by atoms with E-state index in [0.29, 0.717) is 0 Å². The Kier molecular flexibility index (Phi) is 9.66. The summed E-state index contributed by atoms with van der Waals surface area (Å²) in [6, 6.07) is 58.6. The second-order valence-corrected chi connectivity index (χ2v) is 22.6. The Hall–Kier alpha value is -6.64. The molecular formula is C67H64N2. The molecular weight excluding hydrogens is 833 g/mol. The highest BCUT2D eigenvalue weighted by molar-refractivity contribution is 5.90. The topological polar surface area (TPSA) is 6.48 Å². The minimum Gasteiger partial charge on any atom is -0.310 e. The maximum Gasteiger partial charge on any atom is 0.0502 e. The summed E-state index contributed by atoms with van der Waals surface area (Å²) < 4.78 is 0. The Morgan fingerprint density at radius 3 is 1.58 bits per heavy atom. The zero-order valence-corrected chi connectivity index (χ0v) is 41.2. The van der Waals surface area contributed by atoms with Crippen LogP contribution in [-0.4, -0.2) is 0 Å².